The minimum absolute atomic E-state index is 0.177. The number of aryl methyl sites for hydroxylation is 1. The highest BCUT2D eigenvalue weighted by atomic mass is 16.6. The summed E-state index contributed by atoms with van der Waals surface area (Å²) >= 11 is 0. The lowest BCUT2D eigenvalue weighted by Gasteiger charge is -2.06. The fraction of sp³-hybridized carbons (Fsp3) is 0.0667. The zero-order valence-corrected chi connectivity index (χ0v) is 12.6. The number of phenolic OH excluding ortho intramolecular Hbond substituents is 1. The van der Waals surface area contributed by atoms with E-state index in [2.05, 4.69) is 30.2 Å². The molecule has 120 valence electrons. The highest BCUT2D eigenvalue weighted by molar-refractivity contribution is 5.71. The van der Waals surface area contributed by atoms with Crippen molar-refractivity contribution in [3.05, 3.63) is 42.4 Å². The Hall–Kier alpha value is -3.62. The van der Waals surface area contributed by atoms with Crippen LogP contribution in [0.4, 0.5) is 17.3 Å². The fourth-order valence-electron chi connectivity index (χ4n) is 2.45. The summed E-state index contributed by atoms with van der Waals surface area (Å²) in [6, 6.07) is 6.79. The quantitative estimate of drug-likeness (QED) is 0.523. The second-order valence-electron chi connectivity index (χ2n) is 5.22. The summed E-state index contributed by atoms with van der Waals surface area (Å²) in [4.78, 5) is 8.79. The maximum absolute atomic E-state index is 9.53. The SMILES string of the molecule is Cc1c(-c2nonc2N)nc2cnc(Nc3cccc(O)c3)cn12. The van der Waals surface area contributed by atoms with Gasteiger partial charge in [-0.25, -0.2) is 14.6 Å². The number of imidazole rings is 1. The van der Waals surface area contributed by atoms with Crippen molar-refractivity contribution in [2.24, 2.45) is 0 Å². The first-order chi connectivity index (χ1) is 11.6. The van der Waals surface area contributed by atoms with Gasteiger partial charge in [-0.2, -0.15) is 0 Å². The molecule has 24 heavy (non-hydrogen) atoms. The van der Waals surface area contributed by atoms with Crippen molar-refractivity contribution in [3.8, 4) is 17.1 Å². The molecule has 0 aliphatic heterocycles. The van der Waals surface area contributed by atoms with Crippen LogP contribution in [0.3, 0.4) is 0 Å². The number of aromatic nitrogens is 5. The standard InChI is InChI=1S/C15H13N7O2/c1-8-13(14-15(16)21-24-20-14)19-12-6-17-11(7-22(8)12)18-9-3-2-4-10(23)5-9/h2-7,18,23H,1H3,(H2,16,21). The van der Waals surface area contributed by atoms with E-state index in [0.29, 0.717) is 22.9 Å². The molecule has 3 aromatic heterocycles. The summed E-state index contributed by atoms with van der Waals surface area (Å²) in [5.41, 5.74) is 8.93. The number of nitrogens with zero attached hydrogens (tertiary/aromatic N) is 5. The van der Waals surface area contributed by atoms with E-state index < -0.39 is 0 Å². The Kier molecular flexibility index (Phi) is 3.05. The van der Waals surface area contributed by atoms with Crippen LogP contribution in [0.1, 0.15) is 5.69 Å². The lowest BCUT2D eigenvalue weighted by atomic mass is 10.2. The van der Waals surface area contributed by atoms with E-state index in [1.54, 1.807) is 30.6 Å². The molecule has 0 radical (unpaired) electrons. The summed E-state index contributed by atoms with van der Waals surface area (Å²) in [5.74, 6) is 0.968. The minimum Gasteiger partial charge on any atom is -0.508 e. The van der Waals surface area contributed by atoms with Gasteiger partial charge < -0.3 is 16.2 Å². The Bertz CT molecular complexity index is 1040. The van der Waals surface area contributed by atoms with Crippen LogP contribution in [-0.2, 0) is 0 Å². The monoisotopic (exact) mass is 323 g/mol. The molecular weight excluding hydrogens is 310 g/mol. The van der Waals surface area contributed by atoms with Crippen LogP contribution in [0.2, 0.25) is 0 Å². The number of nitrogens with two attached hydrogens (primary N) is 1. The van der Waals surface area contributed by atoms with E-state index in [-0.39, 0.29) is 11.6 Å². The maximum atomic E-state index is 9.53. The van der Waals surface area contributed by atoms with Gasteiger partial charge in [0.15, 0.2) is 17.2 Å². The molecule has 4 N–H and O–H groups in total. The van der Waals surface area contributed by atoms with Gasteiger partial charge in [0.05, 0.1) is 12.4 Å². The summed E-state index contributed by atoms with van der Waals surface area (Å²) in [6.07, 6.45) is 3.43. The second-order valence-corrected chi connectivity index (χ2v) is 5.22. The first-order valence-electron chi connectivity index (χ1n) is 7.11. The predicted molar refractivity (Wildman–Crippen MR) is 86.8 cm³/mol. The first kappa shape index (κ1) is 14.0. The Morgan fingerprint density at radius 3 is 2.88 bits per heavy atom. The Labute approximate surface area is 135 Å². The molecule has 0 saturated carbocycles. The van der Waals surface area contributed by atoms with Gasteiger partial charge in [0.1, 0.15) is 17.3 Å². The van der Waals surface area contributed by atoms with Gasteiger partial charge in [0.2, 0.25) is 0 Å². The summed E-state index contributed by atoms with van der Waals surface area (Å²) in [5, 5.41) is 20.0. The van der Waals surface area contributed by atoms with Gasteiger partial charge in [0, 0.05) is 17.4 Å². The fourth-order valence-corrected chi connectivity index (χ4v) is 2.45. The molecule has 4 aromatic rings. The largest absolute Gasteiger partial charge is 0.508 e. The molecule has 0 aliphatic rings. The summed E-state index contributed by atoms with van der Waals surface area (Å²) in [7, 11) is 0. The van der Waals surface area contributed by atoms with Crippen molar-refractivity contribution < 1.29 is 9.74 Å². The molecule has 3 heterocycles. The van der Waals surface area contributed by atoms with Crippen molar-refractivity contribution in [2.75, 3.05) is 11.1 Å². The number of phenols is 1. The summed E-state index contributed by atoms with van der Waals surface area (Å²) in [6.45, 7) is 1.89. The number of hydrogen-bond acceptors (Lipinski definition) is 8. The van der Waals surface area contributed by atoms with Crippen molar-refractivity contribution in [3.63, 3.8) is 0 Å². The van der Waals surface area contributed by atoms with Crippen LogP contribution >= 0.6 is 0 Å². The molecular formula is C15H13N7O2. The molecule has 0 spiro atoms. The van der Waals surface area contributed by atoms with Crippen LogP contribution in [0.25, 0.3) is 17.0 Å². The Balaban J connectivity index is 1.76. The van der Waals surface area contributed by atoms with Gasteiger partial charge in [-0.1, -0.05) is 6.07 Å². The molecule has 9 heteroatoms. The second kappa shape index (κ2) is 5.23. The van der Waals surface area contributed by atoms with Crippen molar-refractivity contribution in [1.82, 2.24) is 24.7 Å². The zero-order chi connectivity index (χ0) is 16.7. The predicted octanol–water partition coefficient (Wildman–Crippen LogP) is 2.12. The van der Waals surface area contributed by atoms with Crippen molar-refractivity contribution in [1.29, 1.82) is 0 Å². The van der Waals surface area contributed by atoms with Gasteiger partial charge in [0.25, 0.3) is 0 Å². The number of benzene rings is 1. The molecule has 0 amide bonds. The number of fused-ring (bicyclic) bond motifs is 1. The van der Waals surface area contributed by atoms with E-state index in [1.807, 2.05) is 17.4 Å². The smallest absolute Gasteiger partial charge is 0.198 e. The van der Waals surface area contributed by atoms with Crippen molar-refractivity contribution >= 4 is 23.0 Å². The number of nitrogen functional groups attached to an aromatic ring is 1. The van der Waals surface area contributed by atoms with Crippen LogP contribution in [0.5, 0.6) is 5.75 Å². The van der Waals surface area contributed by atoms with E-state index in [0.717, 1.165) is 11.4 Å². The van der Waals surface area contributed by atoms with Crippen LogP contribution in [0, 0.1) is 6.92 Å². The minimum atomic E-state index is 0.177. The lowest BCUT2D eigenvalue weighted by molar-refractivity contribution is 0.310. The number of aromatic hydroxyl groups is 1. The molecule has 1 aromatic carbocycles. The Morgan fingerprint density at radius 1 is 1.25 bits per heavy atom. The first-order valence-corrected chi connectivity index (χ1v) is 7.11. The average molecular weight is 323 g/mol. The zero-order valence-electron chi connectivity index (χ0n) is 12.6. The van der Waals surface area contributed by atoms with Gasteiger partial charge in [-0.05, 0) is 29.4 Å². The molecule has 0 atom stereocenters. The van der Waals surface area contributed by atoms with Crippen LogP contribution in [0.15, 0.2) is 41.3 Å². The molecule has 0 bridgehead atoms. The molecule has 0 fully saturated rings. The molecule has 0 saturated heterocycles. The highest BCUT2D eigenvalue weighted by Crippen LogP contribution is 2.26. The van der Waals surface area contributed by atoms with Gasteiger partial charge in [-0.3, -0.25) is 4.40 Å². The number of hydrogen-bond donors (Lipinski definition) is 3. The lowest BCUT2D eigenvalue weighted by Crippen LogP contribution is -1.97. The van der Waals surface area contributed by atoms with E-state index in [1.165, 1.54) is 0 Å². The van der Waals surface area contributed by atoms with E-state index in [9.17, 15) is 5.11 Å². The van der Waals surface area contributed by atoms with Gasteiger partial charge >= 0.3 is 0 Å². The van der Waals surface area contributed by atoms with E-state index >= 15 is 0 Å². The van der Waals surface area contributed by atoms with Crippen molar-refractivity contribution in [2.45, 2.75) is 6.92 Å². The Morgan fingerprint density at radius 2 is 2.12 bits per heavy atom. The number of rotatable bonds is 3. The molecule has 0 aliphatic carbocycles. The number of anilines is 3. The highest BCUT2D eigenvalue weighted by Gasteiger charge is 2.18. The third-order valence-corrected chi connectivity index (χ3v) is 3.60. The molecule has 4 rings (SSSR count). The molecule has 0 unspecified atom stereocenters. The maximum Gasteiger partial charge on any atom is 0.198 e. The topological polar surface area (TPSA) is 127 Å². The molecule has 9 nitrogen and oxygen atoms in total. The number of nitrogens with one attached hydrogen (secondary N) is 1. The van der Waals surface area contributed by atoms with Crippen LogP contribution in [-0.4, -0.2) is 29.8 Å². The normalized spacial score (nSPS) is 11.0. The average Bonchev–Trinajstić information content (AvgIpc) is 3.11. The third kappa shape index (κ3) is 2.28. The summed E-state index contributed by atoms with van der Waals surface area (Å²) < 4.78 is 6.50. The van der Waals surface area contributed by atoms with Crippen LogP contribution < -0.4 is 11.1 Å². The third-order valence-electron chi connectivity index (χ3n) is 3.60. The van der Waals surface area contributed by atoms with Gasteiger partial charge in [-0.15, -0.1) is 0 Å². The van der Waals surface area contributed by atoms with E-state index in [4.69, 9.17) is 5.73 Å².